The second kappa shape index (κ2) is 9.55. The quantitative estimate of drug-likeness (QED) is 0.398. The number of ether oxygens (including phenoxy) is 1. The number of H-pyrrole nitrogens is 1. The zero-order chi connectivity index (χ0) is 26.4. The van der Waals surface area contributed by atoms with Gasteiger partial charge in [0.15, 0.2) is 5.82 Å². The highest BCUT2D eigenvalue weighted by Crippen LogP contribution is 2.36. The number of nitrogens with zero attached hydrogens (tertiary/aromatic N) is 4. The summed E-state index contributed by atoms with van der Waals surface area (Å²) >= 11 is 0. The molecule has 0 radical (unpaired) electrons. The molecule has 0 saturated carbocycles. The van der Waals surface area contributed by atoms with E-state index in [-0.39, 0.29) is 11.5 Å². The lowest BCUT2D eigenvalue weighted by atomic mass is 9.96. The van der Waals surface area contributed by atoms with Crippen LogP contribution in [0.5, 0.6) is 5.88 Å². The maximum absolute atomic E-state index is 13.8. The van der Waals surface area contributed by atoms with E-state index in [1.54, 1.807) is 24.8 Å². The third-order valence-corrected chi connectivity index (χ3v) is 7.75. The van der Waals surface area contributed by atoms with E-state index in [0.29, 0.717) is 23.9 Å². The third-order valence-electron chi connectivity index (χ3n) is 7.75. The monoisotopic (exact) mass is 512 g/mol. The van der Waals surface area contributed by atoms with Crippen molar-refractivity contribution in [2.75, 3.05) is 23.9 Å². The maximum atomic E-state index is 13.8. The molecule has 4 aromatic rings. The van der Waals surface area contributed by atoms with E-state index in [9.17, 15) is 9.59 Å². The van der Waals surface area contributed by atoms with Crippen LogP contribution < -0.4 is 20.5 Å². The third kappa shape index (κ3) is 3.98. The smallest absolute Gasteiger partial charge is 0.274 e. The van der Waals surface area contributed by atoms with Gasteiger partial charge in [-0.05, 0) is 67.0 Å². The Labute approximate surface area is 221 Å². The number of aromatic amines is 1. The van der Waals surface area contributed by atoms with Gasteiger partial charge in [0.1, 0.15) is 11.4 Å². The van der Waals surface area contributed by atoms with Gasteiger partial charge in [0.05, 0.1) is 7.11 Å². The fraction of sp³-hybridized carbons (Fsp3) is 0.345. The van der Waals surface area contributed by atoms with Crippen LogP contribution in [0.3, 0.4) is 0 Å². The molecule has 0 atom stereocenters. The van der Waals surface area contributed by atoms with Gasteiger partial charge in [-0.2, -0.15) is 5.10 Å². The molecule has 4 heterocycles. The topological polar surface area (TPSA) is 97.2 Å². The van der Waals surface area contributed by atoms with E-state index in [2.05, 4.69) is 39.1 Å². The van der Waals surface area contributed by atoms with Gasteiger partial charge in [-0.3, -0.25) is 9.59 Å². The first-order valence-corrected chi connectivity index (χ1v) is 13.2. The van der Waals surface area contributed by atoms with Crippen molar-refractivity contribution < 1.29 is 9.53 Å². The average molecular weight is 513 g/mol. The molecule has 0 bridgehead atoms. The summed E-state index contributed by atoms with van der Waals surface area (Å²) in [6.07, 6.45) is 7.10. The van der Waals surface area contributed by atoms with Crippen molar-refractivity contribution in [3.63, 3.8) is 0 Å². The van der Waals surface area contributed by atoms with Crippen molar-refractivity contribution >= 4 is 23.1 Å². The Morgan fingerprint density at radius 1 is 1.11 bits per heavy atom. The van der Waals surface area contributed by atoms with Crippen LogP contribution in [0.1, 0.15) is 47.1 Å². The number of hydrogen-bond donors (Lipinski definition) is 2. The zero-order valence-corrected chi connectivity index (χ0v) is 22.0. The maximum Gasteiger partial charge on any atom is 0.274 e. The number of aromatic nitrogens is 4. The number of carbonyl (C=O) groups excluding carboxylic acids is 1. The Balaban J connectivity index is 1.38. The number of aryl methyl sites for hydroxylation is 2. The molecule has 1 aliphatic carbocycles. The lowest BCUT2D eigenvalue weighted by molar-refractivity contribution is 0.0964. The van der Waals surface area contributed by atoms with E-state index in [0.717, 1.165) is 53.9 Å². The number of pyridine rings is 1. The second-order valence-electron chi connectivity index (χ2n) is 9.98. The number of methoxy groups -OCH3 is 1. The van der Waals surface area contributed by atoms with Gasteiger partial charge in [0, 0.05) is 49.3 Å². The van der Waals surface area contributed by atoms with Crippen molar-refractivity contribution in [2.45, 2.75) is 45.6 Å². The van der Waals surface area contributed by atoms with Crippen LogP contribution in [0.25, 0.3) is 11.1 Å². The molecule has 3 aromatic heterocycles. The largest absolute Gasteiger partial charge is 0.481 e. The minimum Gasteiger partial charge on any atom is -0.481 e. The van der Waals surface area contributed by atoms with Crippen LogP contribution in [-0.2, 0) is 32.9 Å². The molecule has 9 heteroatoms. The summed E-state index contributed by atoms with van der Waals surface area (Å²) in [7, 11) is 3.29. The lowest BCUT2D eigenvalue weighted by Crippen LogP contribution is -2.41. The minimum atomic E-state index is -0.166. The Morgan fingerprint density at radius 2 is 1.95 bits per heavy atom. The number of hydrogen-bond acceptors (Lipinski definition) is 5. The van der Waals surface area contributed by atoms with Gasteiger partial charge in [0.2, 0.25) is 5.88 Å². The van der Waals surface area contributed by atoms with Crippen molar-refractivity contribution in [1.29, 1.82) is 0 Å². The average Bonchev–Trinajstić information content (AvgIpc) is 3.55. The van der Waals surface area contributed by atoms with Gasteiger partial charge in [-0.25, -0.2) is 5.10 Å². The van der Waals surface area contributed by atoms with Gasteiger partial charge in [0.25, 0.3) is 11.5 Å². The molecular formula is C29H32N6O3. The lowest BCUT2D eigenvalue weighted by Gasteiger charge is -2.32. The molecule has 1 aromatic carbocycles. The molecule has 196 valence electrons. The predicted octanol–water partition coefficient (Wildman–Crippen LogP) is 4.43. The summed E-state index contributed by atoms with van der Waals surface area (Å²) < 4.78 is 8.97. The van der Waals surface area contributed by atoms with Gasteiger partial charge in [-0.1, -0.05) is 19.1 Å². The molecule has 1 amide bonds. The molecule has 9 nitrogen and oxygen atoms in total. The van der Waals surface area contributed by atoms with Gasteiger partial charge < -0.3 is 24.1 Å². The van der Waals surface area contributed by atoms with Crippen LogP contribution in [-0.4, -0.2) is 38.9 Å². The van der Waals surface area contributed by atoms with Crippen molar-refractivity contribution in [1.82, 2.24) is 19.3 Å². The van der Waals surface area contributed by atoms with Crippen LogP contribution >= 0.6 is 0 Å². The molecule has 6 rings (SSSR count). The highest BCUT2D eigenvalue weighted by molar-refractivity contribution is 6.07. The zero-order valence-electron chi connectivity index (χ0n) is 22.0. The fourth-order valence-corrected chi connectivity index (χ4v) is 5.90. The molecular weight excluding hydrogens is 480 g/mol. The first kappa shape index (κ1) is 24.1. The molecule has 1 aliphatic heterocycles. The molecule has 0 unspecified atom stereocenters. The summed E-state index contributed by atoms with van der Waals surface area (Å²) in [5, 5.41) is 10.0. The van der Waals surface area contributed by atoms with Crippen LogP contribution in [0.2, 0.25) is 0 Å². The number of benzene rings is 1. The summed E-state index contributed by atoms with van der Waals surface area (Å²) in [6, 6.07) is 11.7. The molecule has 38 heavy (non-hydrogen) atoms. The van der Waals surface area contributed by atoms with Crippen molar-refractivity contribution in [3.05, 3.63) is 75.5 Å². The number of anilines is 3. The fourth-order valence-electron chi connectivity index (χ4n) is 5.90. The van der Waals surface area contributed by atoms with Crippen LogP contribution in [0.15, 0.2) is 47.4 Å². The van der Waals surface area contributed by atoms with Gasteiger partial charge >= 0.3 is 0 Å². The Hall–Kier alpha value is -4.27. The molecule has 0 spiro atoms. The Morgan fingerprint density at radius 3 is 2.74 bits per heavy atom. The molecule has 2 aliphatic rings. The SMILES string of the molecule is CCc1c(-c2cc(Nc3cc(OC)[nH]n3)c(=O)n(C)c2)cccc1N1CCn2c(cc3c2CCCC3)C1=O. The highest BCUT2D eigenvalue weighted by Gasteiger charge is 2.31. The summed E-state index contributed by atoms with van der Waals surface area (Å²) in [5.41, 5.74) is 7.63. The Kier molecular flexibility index (Phi) is 6.06. The normalized spacial score (nSPS) is 14.8. The first-order valence-electron chi connectivity index (χ1n) is 13.2. The molecule has 0 saturated heterocycles. The van der Waals surface area contributed by atoms with Crippen molar-refractivity contribution in [3.8, 4) is 17.0 Å². The summed E-state index contributed by atoms with van der Waals surface area (Å²) in [4.78, 5) is 28.6. The van der Waals surface area contributed by atoms with Crippen LogP contribution in [0.4, 0.5) is 17.2 Å². The van der Waals surface area contributed by atoms with Crippen LogP contribution in [0, 0.1) is 0 Å². The van der Waals surface area contributed by atoms with E-state index in [1.165, 1.54) is 24.1 Å². The van der Waals surface area contributed by atoms with E-state index in [4.69, 9.17) is 4.74 Å². The van der Waals surface area contributed by atoms with Crippen molar-refractivity contribution in [2.24, 2.45) is 7.05 Å². The number of rotatable bonds is 6. The Bertz CT molecular complexity index is 1590. The summed E-state index contributed by atoms with van der Waals surface area (Å²) in [6.45, 7) is 3.56. The second-order valence-corrected chi connectivity index (χ2v) is 9.98. The number of nitrogens with one attached hydrogen (secondary N) is 2. The first-order chi connectivity index (χ1) is 18.5. The standard InChI is InChI=1S/C29H32N6O3/c1-4-20-21(19-14-22(28(36)33(2)17-19)30-26-16-27(38-3)32-31-26)9-7-11-24(20)35-13-12-34-23-10-6-5-8-18(23)15-25(34)29(35)37/h7,9,11,14-17H,4-6,8,10,12-13H2,1-3H3,(H2,30,31,32). The van der Waals surface area contributed by atoms with Gasteiger partial charge in [-0.15, -0.1) is 0 Å². The van der Waals surface area contributed by atoms with E-state index < -0.39 is 0 Å². The number of fused-ring (bicyclic) bond motifs is 3. The van der Waals surface area contributed by atoms with E-state index in [1.807, 2.05) is 29.3 Å². The summed E-state index contributed by atoms with van der Waals surface area (Å²) in [5.74, 6) is 1.05. The minimum absolute atomic E-state index is 0.0628. The molecule has 0 fully saturated rings. The molecule has 2 N–H and O–H groups in total. The predicted molar refractivity (Wildman–Crippen MR) is 148 cm³/mol. The van der Waals surface area contributed by atoms with E-state index >= 15 is 0 Å². The number of amides is 1. The highest BCUT2D eigenvalue weighted by atomic mass is 16.5. The number of carbonyl (C=O) groups is 1.